The SMILES string of the molecule is COc1cccc(CN(C)C[C@@H]2COc3ccccc3O2)c1O. The number of methoxy groups -OCH3 is 1. The van der Waals surface area contributed by atoms with E-state index in [1.54, 1.807) is 13.2 Å². The summed E-state index contributed by atoms with van der Waals surface area (Å²) in [5.74, 6) is 2.24. The molecule has 2 aromatic carbocycles. The number of aromatic hydroxyl groups is 1. The Morgan fingerprint density at radius 2 is 1.96 bits per heavy atom. The number of phenolic OH excluding ortho intramolecular Hbond substituents is 1. The van der Waals surface area contributed by atoms with Crippen LogP contribution in [0.5, 0.6) is 23.0 Å². The zero-order valence-corrected chi connectivity index (χ0v) is 13.4. The zero-order chi connectivity index (χ0) is 16.2. The van der Waals surface area contributed by atoms with Crippen LogP contribution in [0.3, 0.4) is 0 Å². The highest BCUT2D eigenvalue weighted by molar-refractivity contribution is 5.45. The van der Waals surface area contributed by atoms with Crippen molar-refractivity contribution in [2.75, 3.05) is 27.3 Å². The Labute approximate surface area is 136 Å². The topological polar surface area (TPSA) is 51.2 Å². The fourth-order valence-corrected chi connectivity index (χ4v) is 2.72. The first kappa shape index (κ1) is 15.5. The van der Waals surface area contributed by atoms with E-state index in [0.717, 1.165) is 17.1 Å². The number of nitrogens with zero attached hydrogens (tertiary/aromatic N) is 1. The molecule has 1 atom stereocenters. The Bertz CT molecular complexity index is 674. The minimum Gasteiger partial charge on any atom is -0.504 e. The van der Waals surface area contributed by atoms with E-state index in [1.165, 1.54) is 0 Å². The number of para-hydroxylation sites is 3. The normalized spacial score (nSPS) is 16.4. The summed E-state index contributed by atoms with van der Waals surface area (Å²) in [6, 6.07) is 13.2. The highest BCUT2D eigenvalue weighted by Gasteiger charge is 2.22. The van der Waals surface area contributed by atoms with Crippen LogP contribution < -0.4 is 14.2 Å². The van der Waals surface area contributed by atoms with Crippen LogP contribution in [0.1, 0.15) is 5.56 Å². The van der Waals surface area contributed by atoms with Gasteiger partial charge in [-0.3, -0.25) is 4.90 Å². The molecule has 5 nitrogen and oxygen atoms in total. The lowest BCUT2D eigenvalue weighted by Gasteiger charge is -2.29. The number of likely N-dealkylation sites (N-methyl/N-ethyl adjacent to an activating group) is 1. The van der Waals surface area contributed by atoms with Gasteiger partial charge in [-0.1, -0.05) is 24.3 Å². The molecular formula is C18H21NO4. The maximum Gasteiger partial charge on any atom is 0.162 e. The molecule has 5 heteroatoms. The molecule has 23 heavy (non-hydrogen) atoms. The smallest absolute Gasteiger partial charge is 0.162 e. The standard InChI is InChI=1S/C18H21NO4/c1-19(10-13-6-5-9-17(21-2)18(13)20)11-14-12-22-15-7-3-4-8-16(15)23-14/h3-9,14,20H,10-12H2,1-2H3/t14-/m1/s1. The van der Waals surface area contributed by atoms with Gasteiger partial charge in [-0.25, -0.2) is 0 Å². The van der Waals surface area contributed by atoms with Crippen LogP contribution in [0, 0.1) is 0 Å². The van der Waals surface area contributed by atoms with Gasteiger partial charge in [0, 0.05) is 18.7 Å². The van der Waals surface area contributed by atoms with Crippen molar-refractivity contribution in [1.82, 2.24) is 4.90 Å². The lowest BCUT2D eigenvalue weighted by molar-refractivity contribution is 0.0636. The minimum absolute atomic E-state index is 0.0392. The second-order valence-electron chi connectivity index (χ2n) is 5.66. The number of rotatable bonds is 5. The summed E-state index contributed by atoms with van der Waals surface area (Å²) >= 11 is 0. The van der Waals surface area contributed by atoms with Crippen LogP contribution in [-0.2, 0) is 6.54 Å². The molecule has 0 saturated heterocycles. The molecule has 1 heterocycles. The van der Waals surface area contributed by atoms with Crippen LogP contribution in [0.2, 0.25) is 0 Å². The van der Waals surface area contributed by atoms with Gasteiger partial charge in [0.1, 0.15) is 12.7 Å². The fraction of sp³-hybridized carbons (Fsp3) is 0.333. The molecule has 1 N–H and O–H groups in total. The number of phenols is 1. The average molecular weight is 315 g/mol. The van der Waals surface area contributed by atoms with Gasteiger partial charge in [0.2, 0.25) is 0 Å². The van der Waals surface area contributed by atoms with Crippen molar-refractivity contribution in [2.24, 2.45) is 0 Å². The van der Waals surface area contributed by atoms with Gasteiger partial charge in [0.05, 0.1) is 7.11 Å². The minimum atomic E-state index is -0.0392. The molecule has 0 saturated carbocycles. The van der Waals surface area contributed by atoms with Crippen LogP contribution in [0.15, 0.2) is 42.5 Å². The Balaban J connectivity index is 1.61. The van der Waals surface area contributed by atoms with Crippen LogP contribution in [0.25, 0.3) is 0 Å². The van der Waals surface area contributed by atoms with E-state index in [1.807, 2.05) is 43.4 Å². The summed E-state index contributed by atoms with van der Waals surface area (Å²) in [4.78, 5) is 2.09. The second-order valence-corrected chi connectivity index (χ2v) is 5.66. The lowest BCUT2D eigenvalue weighted by Crippen LogP contribution is -2.39. The maximum atomic E-state index is 10.2. The first-order valence-corrected chi connectivity index (χ1v) is 7.59. The van der Waals surface area contributed by atoms with E-state index < -0.39 is 0 Å². The molecule has 0 spiro atoms. The molecule has 0 aromatic heterocycles. The van der Waals surface area contributed by atoms with Gasteiger partial charge in [-0.15, -0.1) is 0 Å². The van der Waals surface area contributed by atoms with E-state index in [2.05, 4.69) is 4.90 Å². The van der Waals surface area contributed by atoms with E-state index in [4.69, 9.17) is 14.2 Å². The Morgan fingerprint density at radius 1 is 1.17 bits per heavy atom. The molecule has 0 fully saturated rings. The average Bonchev–Trinajstić information content (AvgIpc) is 2.56. The predicted molar refractivity (Wildman–Crippen MR) is 87.3 cm³/mol. The van der Waals surface area contributed by atoms with Crippen molar-refractivity contribution in [3.05, 3.63) is 48.0 Å². The third kappa shape index (κ3) is 3.51. The van der Waals surface area contributed by atoms with Gasteiger partial charge < -0.3 is 19.3 Å². The predicted octanol–water partition coefficient (Wildman–Crippen LogP) is 2.67. The monoisotopic (exact) mass is 315 g/mol. The van der Waals surface area contributed by atoms with Gasteiger partial charge >= 0.3 is 0 Å². The molecule has 1 aliphatic rings. The van der Waals surface area contributed by atoms with E-state index in [0.29, 0.717) is 25.4 Å². The molecule has 0 bridgehead atoms. The fourth-order valence-electron chi connectivity index (χ4n) is 2.72. The lowest BCUT2D eigenvalue weighted by atomic mass is 10.1. The third-order valence-electron chi connectivity index (χ3n) is 3.83. The number of benzene rings is 2. The highest BCUT2D eigenvalue weighted by atomic mass is 16.6. The Morgan fingerprint density at radius 3 is 2.74 bits per heavy atom. The van der Waals surface area contributed by atoms with E-state index >= 15 is 0 Å². The Hall–Kier alpha value is -2.40. The van der Waals surface area contributed by atoms with Crippen LogP contribution in [0.4, 0.5) is 0 Å². The first-order chi connectivity index (χ1) is 11.2. The van der Waals surface area contributed by atoms with Crippen molar-refractivity contribution in [3.8, 4) is 23.0 Å². The molecule has 3 rings (SSSR count). The number of hydrogen-bond donors (Lipinski definition) is 1. The third-order valence-corrected chi connectivity index (χ3v) is 3.83. The van der Waals surface area contributed by atoms with Crippen molar-refractivity contribution >= 4 is 0 Å². The van der Waals surface area contributed by atoms with Gasteiger partial charge in [-0.05, 0) is 25.2 Å². The molecular weight excluding hydrogens is 294 g/mol. The molecule has 1 aliphatic heterocycles. The van der Waals surface area contributed by atoms with Crippen molar-refractivity contribution < 1.29 is 19.3 Å². The quantitative estimate of drug-likeness (QED) is 0.919. The van der Waals surface area contributed by atoms with Crippen molar-refractivity contribution in [3.63, 3.8) is 0 Å². The van der Waals surface area contributed by atoms with Crippen molar-refractivity contribution in [1.29, 1.82) is 0 Å². The summed E-state index contributed by atoms with van der Waals surface area (Å²) in [6.45, 7) is 1.82. The van der Waals surface area contributed by atoms with Gasteiger partial charge in [-0.2, -0.15) is 0 Å². The van der Waals surface area contributed by atoms with Crippen molar-refractivity contribution in [2.45, 2.75) is 12.6 Å². The summed E-state index contributed by atoms with van der Waals surface area (Å²) in [5.41, 5.74) is 0.823. The van der Waals surface area contributed by atoms with E-state index in [-0.39, 0.29) is 11.9 Å². The summed E-state index contributed by atoms with van der Waals surface area (Å²) in [7, 11) is 3.54. The first-order valence-electron chi connectivity index (χ1n) is 7.59. The van der Waals surface area contributed by atoms with Gasteiger partial charge in [0.15, 0.2) is 23.0 Å². The van der Waals surface area contributed by atoms with Gasteiger partial charge in [0.25, 0.3) is 0 Å². The number of fused-ring (bicyclic) bond motifs is 1. The molecule has 0 unspecified atom stereocenters. The zero-order valence-electron chi connectivity index (χ0n) is 13.4. The second kappa shape index (κ2) is 6.79. The molecule has 2 aromatic rings. The highest BCUT2D eigenvalue weighted by Crippen LogP contribution is 2.32. The maximum absolute atomic E-state index is 10.2. The molecule has 0 radical (unpaired) electrons. The van der Waals surface area contributed by atoms with Crippen LogP contribution >= 0.6 is 0 Å². The summed E-state index contributed by atoms with van der Waals surface area (Å²) < 4.78 is 16.8. The largest absolute Gasteiger partial charge is 0.504 e. The summed E-state index contributed by atoms with van der Waals surface area (Å²) in [6.07, 6.45) is -0.0392. The number of ether oxygens (including phenoxy) is 3. The summed E-state index contributed by atoms with van der Waals surface area (Å²) in [5, 5.41) is 10.2. The number of hydrogen-bond acceptors (Lipinski definition) is 5. The Kier molecular flexibility index (Phi) is 4.57. The molecule has 122 valence electrons. The molecule has 0 amide bonds. The van der Waals surface area contributed by atoms with Crippen LogP contribution in [-0.4, -0.2) is 43.4 Å². The van der Waals surface area contributed by atoms with E-state index in [9.17, 15) is 5.11 Å². The molecule has 0 aliphatic carbocycles.